The Balaban J connectivity index is 1.62. The maximum Gasteiger partial charge on any atom is 0.328 e. The molecular weight excluding hydrogens is 346 g/mol. The van der Waals surface area contributed by atoms with Gasteiger partial charge in [-0.3, -0.25) is 19.4 Å². The summed E-state index contributed by atoms with van der Waals surface area (Å²) in [6, 6.07) is 1.25. The third-order valence-corrected chi connectivity index (χ3v) is 4.83. The van der Waals surface area contributed by atoms with E-state index in [1.54, 1.807) is 4.90 Å². The largest absolute Gasteiger partial charge is 0.337 e. The quantitative estimate of drug-likeness (QED) is 0.788. The van der Waals surface area contributed by atoms with E-state index >= 15 is 0 Å². The van der Waals surface area contributed by atoms with E-state index in [2.05, 4.69) is 15.3 Å². The van der Waals surface area contributed by atoms with Crippen LogP contribution in [0.4, 0.5) is 5.13 Å². The minimum Gasteiger partial charge on any atom is -0.337 e. The molecule has 0 atom stereocenters. The number of carbonyl (C=O) groups excluding carboxylic acids is 2. The molecule has 2 aromatic heterocycles. The second-order valence-corrected chi connectivity index (χ2v) is 6.77. The number of hydrogen-bond acceptors (Lipinski definition) is 6. The van der Waals surface area contributed by atoms with Crippen molar-refractivity contribution in [2.24, 2.45) is 0 Å². The van der Waals surface area contributed by atoms with Crippen LogP contribution < -0.4 is 16.6 Å². The lowest BCUT2D eigenvalue weighted by Gasteiger charge is -2.26. The van der Waals surface area contributed by atoms with Crippen molar-refractivity contribution in [1.82, 2.24) is 19.4 Å². The van der Waals surface area contributed by atoms with Gasteiger partial charge in [-0.25, -0.2) is 9.78 Å². The Hall–Kier alpha value is -2.75. The summed E-state index contributed by atoms with van der Waals surface area (Å²) in [5, 5.41) is 3.21. The number of rotatable bonds is 4. The highest BCUT2D eigenvalue weighted by Gasteiger charge is 2.24. The maximum atomic E-state index is 12.4. The van der Waals surface area contributed by atoms with Crippen molar-refractivity contribution in [2.45, 2.75) is 32.9 Å². The van der Waals surface area contributed by atoms with Crippen molar-refractivity contribution < 1.29 is 9.59 Å². The first-order valence-electron chi connectivity index (χ1n) is 7.76. The first-order chi connectivity index (χ1) is 11.9. The molecule has 132 valence electrons. The zero-order valence-corrected chi connectivity index (χ0v) is 14.4. The van der Waals surface area contributed by atoms with Gasteiger partial charge in [0.2, 0.25) is 11.8 Å². The molecule has 0 radical (unpaired) electrons. The number of thiazole rings is 1. The van der Waals surface area contributed by atoms with E-state index in [-0.39, 0.29) is 24.8 Å². The number of fused-ring (bicyclic) bond motifs is 1. The summed E-state index contributed by atoms with van der Waals surface area (Å²) in [7, 11) is 0. The molecule has 2 amide bonds. The fourth-order valence-corrected chi connectivity index (χ4v) is 3.68. The number of carbonyl (C=O) groups is 2. The van der Waals surface area contributed by atoms with E-state index in [1.807, 2.05) is 0 Å². The number of aromatic nitrogens is 3. The smallest absolute Gasteiger partial charge is 0.328 e. The van der Waals surface area contributed by atoms with Crippen molar-refractivity contribution >= 4 is 28.3 Å². The van der Waals surface area contributed by atoms with Gasteiger partial charge < -0.3 is 14.8 Å². The van der Waals surface area contributed by atoms with E-state index in [0.29, 0.717) is 24.6 Å². The van der Waals surface area contributed by atoms with Crippen LogP contribution in [0.3, 0.4) is 0 Å². The van der Waals surface area contributed by atoms with E-state index in [9.17, 15) is 19.2 Å². The highest BCUT2D eigenvalue weighted by Crippen LogP contribution is 2.28. The Kier molecular flexibility index (Phi) is 4.79. The molecule has 3 rings (SSSR count). The summed E-state index contributed by atoms with van der Waals surface area (Å²) in [4.78, 5) is 55.4. The van der Waals surface area contributed by atoms with Crippen LogP contribution in [-0.4, -0.2) is 37.8 Å². The molecule has 1 aliphatic rings. The molecule has 2 N–H and O–H groups in total. The fourth-order valence-electron chi connectivity index (χ4n) is 2.61. The molecule has 3 heterocycles. The number of aromatic amines is 1. The highest BCUT2D eigenvalue weighted by molar-refractivity contribution is 7.15. The zero-order valence-electron chi connectivity index (χ0n) is 13.6. The number of anilines is 1. The second-order valence-electron chi connectivity index (χ2n) is 5.69. The Morgan fingerprint density at radius 2 is 2.20 bits per heavy atom. The van der Waals surface area contributed by atoms with Crippen LogP contribution in [0.15, 0.2) is 21.9 Å². The highest BCUT2D eigenvalue weighted by atomic mass is 32.1. The molecular formula is C15H17N5O4S. The predicted octanol–water partition coefficient (Wildman–Crippen LogP) is -0.0735. The van der Waals surface area contributed by atoms with Crippen molar-refractivity contribution in [3.63, 3.8) is 0 Å². The number of H-pyrrole nitrogens is 1. The Morgan fingerprint density at radius 1 is 1.40 bits per heavy atom. The Morgan fingerprint density at radius 3 is 2.92 bits per heavy atom. The van der Waals surface area contributed by atoms with Gasteiger partial charge in [-0.1, -0.05) is 11.3 Å². The third-order valence-electron chi connectivity index (χ3n) is 3.83. The summed E-state index contributed by atoms with van der Waals surface area (Å²) in [5.41, 5.74) is -0.0744. The first kappa shape index (κ1) is 17.1. The van der Waals surface area contributed by atoms with Gasteiger partial charge in [-0.15, -0.1) is 0 Å². The molecule has 10 heteroatoms. The Bertz CT molecular complexity index is 928. The van der Waals surface area contributed by atoms with Crippen molar-refractivity contribution in [1.29, 1.82) is 0 Å². The number of hydrogen-bond donors (Lipinski definition) is 2. The van der Waals surface area contributed by atoms with Crippen LogP contribution in [0.1, 0.15) is 23.9 Å². The lowest BCUT2D eigenvalue weighted by Crippen LogP contribution is -2.37. The molecule has 0 unspecified atom stereocenters. The van der Waals surface area contributed by atoms with E-state index in [4.69, 9.17) is 0 Å². The number of aryl methyl sites for hydroxylation is 1. The molecule has 0 aromatic carbocycles. The minimum absolute atomic E-state index is 0.0711. The van der Waals surface area contributed by atoms with Crippen LogP contribution in [0.25, 0.3) is 0 Å². The van der Waals surface area contributed by atoms with Crippen LogP contribution >= 0.6 is 11.3 Å². The molecule has 0 aliphatic carbocycles. The van der Waals surface area contributed by atoms with Gasteiger partial charge in [0.1, 0.15) is 0 Å². The van der Waals surface area contributed by atoms with Gasteiger partial charge in [-0.2, -0.15) is 0 Å². The molecule has 1 aliphatic heterocycles. The van der Waals surface area contributed by atoms with Crippen LogP contribution in [0.2, 0.25) is 0 Å². The van der Waals surface area contributed by atoms with Crippen molar-refractivity contribution in [3.8, 4) is 0 Å². The number of nitrogens with one attached hydrogen (secondary N) is 2. The van der Waals surface area contributed by atoms with Gasteiger partial charge in [0.25, 0.3) is 5.56 Å². The Labute approximate surface area is 146 Å². The molecule has 2 aromatic rings. The van der Waals surface area contributed by atoms with E-state index in [1.165, 1.54) is 35.1 Å². The van der Waals surface area contributed by atoms with Gasteiger partial charge in [0, 0.05) is 50.0 Å². The minimum atomic E-state index is -0.524. The van der Waals surface area contributed by atoms with E-state index < -0.39 is 11.2 Å². The second kappa shape index (κ2) is 7.01. The number of nitrogens with zero attached hydrogens (tertiary/aromatic N) is 3. The predicted molar refractivity (Wildman–Crippen MR) is 91.5 cm³/mol. The monoisotopic (exact) mass is 363 g/mol. The molecule has 0 saturated heterocycles. The van der Waals surface area contributed by atoms with E-state index in [0.717, 1.165) is 10.6 Å². The molecule has 9 nitrogen and oxygen atoms in total. The summed E-state index contributed by atoms with van der Waals surface area (Å²) in [6.07, 6.45) is 2.18. The first-order valence-corrected chi connectivity index (χ1v) is 8.58. The fraction of sp³-hybridized carbons (Fsp3) is 0.400. The standard InChI is InChI=1S/C15H17N5O4S/c1-9(21)16-14-17-10-2-5-20(8-11(10)25-14)13(23)4-7-19-6-3-12(22)18-15(19)24/h3,6H,2,4-5,7-8H2,1H3,(H,16,17,21)(H,18,22,24). The summed E-state index contributed by atoms with van der Waals surface area (Å²) in [6.45, 7) is 2.63. The SMILES string of the molecule is CC(=O)Nc1nc2c(s1)CN(C(=O)CCn1ccc(=O)[nH]c1=O)CC2. The zero-order chi connectivity index (χ0) is 18.0. The van der Waals surface area contributed by atoms with Gasteiger partial charge >= 0.3 is 5.69 Å². The summed E-state index contributed by atoms with van der Waals surface area (Å²) >= 11 is 1.37. The van der Waals surface area contributed by atoms with Crippen LogP contribution in [-0.2, 0) is 29.1 Å². The molecule has 0 bridgehead atoms. The van der Waals surface area contributed by atoms with Crippen molar-refractivity contribution in [2.75, 3.05) is 11.9 Å². The normalized spacial score (nSPS) is 13.4. The third kappa shape index (κ3) is 4.02. The molecule has 25 heavy (non-hydrogen) atoms. The van der Waals surface area contributed by atoms with Crippen LogP contribution in [0, 0.1) is 0 Å². The molecule has 0 fully saturated rings. The molecule has 0 saturated carbocycles. The topological polar surface area (TPSA) is 117 Å². The van der Waals surface area contributed by atoms with Crippen molar-refractivity contribution in [3.05, 3.63) is 43.7 Å². The number of amides is 2. The lowest BCUT2D eigenvalue weighted by molar-refractivity contribution is -0.132. The maximum absolute atomic E-state index is 12.4. The average molecular weight is 363 g/mol. The summed E-state index contributed by atoms with van der Waals surface area (Å²) in [5.74, 6) is -0.247. The van der Waals surface area contributed by atoms with Crippen LogP contribution in [0.5, 0.6) is 0 Å². The molecule has 0 spiro atoms. The average Bonchev–Trinajstić information content (AvgIpc) is 2.94. The van der Waals surface area contributed by atoms with Gasteiger partial charge in [0.05, 0.1) is 12.2 Å². The van der Waals surface area contributed by atoms with Gasteiger partial charge in [-0.05, 0) is 0 Å². The lowest BCUT2D eigenvalue weighted by atomic mass is 10.1. The van der Waals surface area contributed by atoms with Gasteiger partial charge in [0.15, 0.2) is 5.13 Å². The summed E-state index contributed by atoms with van der Waals surface area (Å²) < 4.78 is 1.30.